The molecule has 0 aromatic heterocycles. The maximum absolute atomic E-state index is 13.1. The molecule has 0 aromatic rings. The first-order valence-electron chi connectivity index (χ1n) is 23.8. The van der Waals surface area contributed by atoms with Gasteiger partial charge in [0, 0.05) is 13.8 Å². The van der Waals surface area contributed by atoms with Crippen molar-refractivity contribution in [2.24, 2.45) is 17.8 Å². The number of amides is 2. The molecule has 2 aliphatic rings. The number of hydrogen-bond acceptors (Lipinski definition) is 15. The van der Waals surface area contributed by atoms with E-state index in [1.165, 1.54) is 68.6 Å². The van der Waals surface area contributed by atoms with E-state index in [0.29, 0.717) is 6.42 Å². The van der Waals surface area contributed by atoms with Crippen LogP contribution in [0.3, 0.4) is 0 Å². The molecule has 9 N–H and O–H groups in total. The highest BCUT2D eigenvalue weighted by Gasteiger charge is 2.53. The molecule has 19 nitrogen and oxygen atoms in total. The van der Waals surface area contributed by atoms with Crippen LogP contribution in [-0.2, 0) is 46.3 Å². The highest BCUT2D eigenvalue weighted by molar-refractivity contribution is 7.61. The third-order valence-electron chi connectivity index (χ3n) is 12.1. The van der Waals surface area contributed by atoms with Gasteiger partial charge >= 0.3 is 15.6 Å². The Hall–Kier alpha value is -1.90. The number of hydrogen-bond donors (Lipinski definition) is 9. The predicted octanol–water partition coefficient (Wildman–Crippen LogP) is 5.99. The zero-order valence-corrected chi connectivity index (χ0v) is 42.9. The van der Waals surface area contributed by atoms with Crippen LogP contribution in [0.4, 0.5) is 0 Å². The van der Waals surface area contributed by atoms with Crippen LogP contribution in [0.5, 0.6) is 0 Å². The average molecular weight is 999 g/mol. The minimum absolute atomic E-state index is 0.465. The molecule has 0 radical (unpaired) electrons. The molecule has 14 atom stereocenters. The van der Waals surface area contributed by atoms with Crippen molar-refractivity contribution in [1.29, 1.82) is 0 Å². The lowest BCUT2D eigenvalue weighted by molar-refractivity contribution is -0.325. The average Bonchev–Trinajstić information content (AvgIpc) is 3.21. The second kappa shape index (κ2) is 30.8. The van der Waals surface area contributed by atoms with Gasteiger partial charge in [-0.05, 0) is 77.0 Å². The number of phosphoric ester groups is 2. The van der Waals surface area contributed by atoms with E-state index in [4.69, 9.17) is 23.3 Å². The molecule has 390 valence electrons. The summed E-state index contributed by atoms with van der Waals surface area (Å²) in [6.45, 7) is 15.4. The van der Waals surface area contributed by atoms with Gasteiger partial charge in [-0.15, -0.1) is 0 Å². The molecule has 67 heavy (non-hydrogen) atoms. The van der Waals surface area contributed by atoms with Crippen molar-refractivity contribution < 1.29 is 81.6 Å². The van der Waals surface area contributed by atoms with Crippen molar-refractivity contribution >= 4 is 27.5 Å². The van der Waals surface area contributed by atoms with Crippen LogP contribution < -0.4 is 10.6 Å². The Kier molecular flexibility index (Phi) is 28.1. The number of nitrogens with one attached hydrogen (secondary N) is 2. The summed E-state index contributed by atoms with van der Waals surface area (Å²) in [7, 11) is -10.9. The number of rotatable bonds is 31. The normalized spacial score (nSPS) is 29.2. The van der Waals surface area contributed by atoms with Gasteiger partial charge in [-0.1, -0.05) is 108 Å². The quantitative estimate of drug-likeness (QED) is 0.0285. The summed E-state index contributed by atoms with van der Waals surface area (Å²) in [6.07, 6.45) is 6.90. The Bertz CT molecular complexity index is 1680. The van der Waals surface area contributed by atoms with E-state index < -0.39 is 109 Å². The number of ether oxygens (including phenoxy) is 3. The van der Waals surface area contributed by atoms with E-state index in [2.05, 4.69) is 68.6 Å². The van der Waals surface area contributed by atoms with E-state index in [1.807, 2.05) is 0 Å². The maximum atomic E-state index is 13.1. The van der Waals surface area contributed by atoms with Crippen LogP contribution in [0.1, 0.15) is 146 Å². The summed E-state index contributed by atoms with van der Waals surface area (Å²) < 4.78 is 57.1. The summed E-state index contributed by atoms with van der Waals surface area (Å²) in [6, 6.07) is -3.25. The fourth-order valence-electron chi connectivity index (χ4n) is 8.14. The van der Waals surface area contributed by atoms with Crippen molar-refractivity contribution in [2.75, 3.05) is 19.8 Å². The Morgan fingerprint density at radius 3 is 1.63 bits per heavy atom. The van der Waals surface area contributed by atoms with E-state index in [1.54, 1.807) is 6.92 Å². The minimum atomic E-state index is -5.61. The molecular weight excluding hydrogens is 914 g/mol. The number of carbonyl (C=O) groups is 2. The molecule has 2 fully saturated rings. The molecule has 0 spiro atoms. The van der Waals surface area contributed by atoms with Crippen molar-refractivity contribution in [3.05, 3.63) is 34.9 Å². The van der Waals surface area contributed by atoms with Crippen LogP contribution >= 0.6 is 15.6 Å². The molecule has 4 unspecified atom stereocenters. The predicted molar refractivity (Wildman–Crippen MR) is 252 cm³/mol. The minimum Gasteiger partial charge on any atom is -0.394 e. The second-order valence-corrected chi connectivity index (χ2v) is 22.0. The number of phosphoric acid groups is 2. The SMILES string of the molecule is CC(=O)N[C@@H]1[C@H](O[C@H]2[C@H](O)[C@@H](NC(C)=O)[C@@H](OP(=O)(O)OP(=O)(O)OC/C=C(/C)CC/C=C(/C)CC/C=C(/C)CCCC(C)CCCC(C)CCCC(C)C)O[C@@H]2CO)O[C@H](CO)[C@@H](O)[C@@H]1O. The second-order valence-electron chi connectivity index (χ2n) is 19.0. The fraction of sp³-hybridized carbons (Fsp3) is 0.826. The van der Waals surface area contributed by atoms with Crippen LogP contribution in [0.25, 0.3) is 0 Å². The van der Waals surface area contributed by atoms with Crippen LogP contribution in [-0.4, -0.2) is 128 Å². The first-order chi connectivity index (χ1) is 31.4. The van der Waals surface area contributed by atoms with E-state index >= 15 is 0 Å². The number of aliphatic hydroxyl groups excluding tert-OH is 5. The first kappa shape index (κ1) is 61.2. The van der Waals surface area contributed by atoms with Gasteiger partial charge in [0.1, 0.15) is 48.7 Å². The van der Waals surface area contributed by atoms with Crippen LogP contribution in [0.15, 0.2) is 34.9 Å². The Morgan fingerprint density at radius 2 is 1.10 bits per heavy atom. The molecular formula is C46H84N2O17P2. The van der Waals surface area contributed by atoms with Crippen molar-refractivity contribution in [1.82, 2.24) is 10.6 Å². The van der Waals surface area contributed by atoms with Crippen molar-refractivity contribution in [3.63, 3.8) is 0 Å². The summed E-state index contributed by atoms with van der Waals surface area (Å²) >= 11 is 0. The summed E-state index contributed by atoms with van der Waals surface area (Å²) in [4.78, 5) is 44.9. The molecule has 2 amide bonds. The third kappa shape index (κ3) is 23.7. The molecule has 0 bridgehead atoms. The van der Waals surface area contributed by atoms with Gasteiger partial charge in [0.2, 0.25) is 11.8 Å². The van der Waals surface area contributed by atoms with Gasteiger partial charge in [0.05, 0.1) is 19.8 Å². The number of aliphatic hydroxyl groups is 5. The number of allylic oxidation sites excluding steroid dienone is 5. The van der Waals surface area contributed by atoms with E-state index in [0.717, 1.165) is 62.9 Å². The van der Waals surface area contributed by atoms with Gasteiger partial charge < -0.3 is 60.2 Å². The van der Waals surface area contributed by atoms with Gasteiger partial charge in [0.15, 0.2) is 12.6 Å². The number of carbonyl (C=O) groups excluding carboxylic acids is 2. The zero-order valence-electron chi connectivity index (χ0n) is 41.2. The lowest BCUT2D eigenvalue weighted by Crippen LogP contribution is -2.69. The highest BCUT2D eigenvalue weighted by atomic mass is 31.3. The van der Waals surface area contributed by atoms with Crippen LogP contribution in [0, 0.1) is 17.8 Å². The molecule has 0 aliphatic carbocycles. The lowest BCUT2D eigenvalue weighted by Gasteiger charge is -2.48. The summed E-state index contributed by atoms with van der Waals surface area (Å²) in [5.74, 6) is 0.887. The first-order valence-corrected chi connectivity index (χ1v) is 26.8. The van der Waals surface area contributed by atoms with Crippen LogP contribution in [0.2, 0.25) is 0 Å². The molecule has 2 saturated heterocycles. The summed E-state index contributed by atoms with van der Waals surface area (Å²) in [5, 5.41) is 56.8. The van der Waals surface area contributed by atoms with Crippen molar-refractivity contribution in [2.45, 2.75) is 207 Å². The van der Waals surface area contributed by atoms with Gasteiger partial charge in [-0.2, -0.15) is 4.31 Å². The van der Waals surface area contributed by atoms with Crippen molar-refractivity contribution in [3.8, 4) is 0 Å². The van der Waals surface area contributed by atoms with E-state index in [9.17, 15) is 54.0 Å². The Morgan fingerprint density at radius 1 is 0.627 bits per heavy atom. The van der Waals surface area contributed by atoms with Gasteiger partial charge in [-0.3, -0.25) is 18.6 Å². The molecule has 2 aliphatic heterocycles. The molecule has 0 saturated carbocycles. The standard InChI is InChI=1S/C46H84N2O17P2/c1-29(2)15-10-16-30(3)17-11-18-31(4)19-12-20-32(5)21-13-22-33(6)23-14-24-34(7)25-26-60-66(56,57)65-67(58,59)64-46-40(48-36(9)52)43(55)44(38(28-50)62-46)63-45-39(47-35(8)51)42(54)41(53)37(27-49)61-45/h21,23,25,29-31,37-46,49-50,53-55H,10-20,22,24,26-28H2,1-9H3,(H,47,51)(H,48,52)(H,56,57)(H,58,59)/b32-21-,33-23-,34-25-/t30?,31?,37-,38-,39+,40-,41-,42-,43-,44-,45+,46-/m1/s1. The summed E-state index contributed by atoms with van der Waals surface area (Å²) in [5.41, 5.74) is 3.50. The topological polar surface area (TPSA) is 289 Å². The Labute approximate surface area is 398 Å². The largest absolute Gasteiger partial charge is 0.483 e. The fourth-order valence-corrected chi connectivity index (χ4v) is 10.2. The highest BCUT2D eigenvalue weighted by Crippen LogP contribution is 2.61. The van der Waals surface area contributed by atoms with Gasteiger partial charge in [-0.25, -0.2) is 9.13 Å². The monoisotopic (exact) mass is 999 g/mol. The molecule has 2 rings (SSSR count). The molecule has 21 heteroatoms. The smallest absolute Gasteiger partial charge is 0.394 e. The molecule has 0 aromatic carbocycles. The Balaban J connectivity index is 1.86. The van der Waals surface area contributed by atoms with E-state index in [-0.39, 0.29) is 0 Å². The van der Waals surface area contributed by atoms with Gasteiger partial charge in [0.25, 0.3) is 0 Å². The molecule has 2 heterocycles. The zero-order chi connectivity index (χ0) is 50.5. The lowest BCUT2D eigenvalue weighted by atomic mass is 9.91. The third-order valence-corrected chi connectivity index (χ3v) is 14.7. The maximum Gasteiger partial charge on any atom is 0.483 e.